The predicted octanol–water partition coefficient (Wildman–Crippen LogP) is 4.47. The van der Waals surface area contributed by atoms with E-state index in [4.69, 9.17) is 37.4 Å². The van der Waals surface area contributed by atoms with Gasteiger partial charge in [0.25, 0.3) is 0 Å². The summed E-state index contributed by atoms with van der Waals surface area (Å²) in [4.78, 5) is 11.8. The number of carbonyl (C=O) groups excluding carboxylic acids is 1. The van der Waals surface area contributed by atoms with Crippen LogP contribution in [0.5, 0.6) is 11.5 Å². The highest BCUT2D eigenvalue weighted by atomic mass is 35.5. The van der Waals surface area contributed by atoms with Gasteiger partial charge >= 0.3 is 6.09 Å². The quantitative estimate of drug-likeness (QED) is 0.896. The number of ether oxygens (including phenoxy) is 3. The maximum atomic E-state index is 11.8. The minimum atomic E-state index is -0.623. The number of nitrogens with one attached hydrogen (secondary N) is 1. The van der Waals surface area contributed by atoms with Crippen molar-refractivity contribution in [3.05, 3.63) is 52.0 Å². The number of halogens is 2. The summed E-state index contributed by atoms with van der Waals surface area (Å²) in [5, 5.41) is 3.16. The first-order valence-corrected chi connectivity index (χ1v) is 7.15. The van der Waals surface area contributed by atoms with Crippen molar-refractivity contribution in [3.63, 3.8) is 0 Å². The number of fused-ring (bicyclic) bond motifs is 1. The molecule has 7 heteroatoms. The van der Waals surface area contributed by atoms with Gasteiger partial charge in [-0.1, -0.05) is 35.3 Å². The minimum absolute atomic E-state index is 0.0979. The molecule has 1 N–H and O–H groups in total. The summed E-state index contributed by atoms with van der Waals surface area (Å²) >= 11 is 11.9. The van der Waals surface area contributed by atoms with Gasteiger partial charge in [-0.25, -0.2) is 4.79 Å². The fourth-order valence-electron chi connectivity index (χ4n) is 1.93. The van der Waals surface area contributed by atoms with Crippen LogP contribution in [0.4, 0.5) is 10.5 Å². The van der Waals surface area contributed by atoms with E-state index < -0.39 is 6.09 Å². The van der Waals surface area contributed by atoms with Crippen LogP contribution in [0.25, 0.3) is 0 Å². The summed E-state index contributed by atoms with van der Waals surface area (Å²) in [6.45, 7) is 0.300. The number of benzene rings is 2. The van der Waals surface area contributed by atoms with Crippen LogP contribution >= 0.6 is 23.2 Å². The Balaban J connectivity index is 1.59. The molecule has 1 heterocycles. The highest BCUT2D eigenvalue weighted by molar-refractivity contribution is 6.43. The van der Waals surface area contributed by atoms with Gasteiger partial charge in [-0.3, -0.25) is 5.32 Å². The Bertz CT molecular complexity index is 721. The Kier molecular flexibility index (Phi) is 4.27. The largest absolute Gasteiger partial charge is 0.454 e. The lowest BCUT2D eigenvalue weighted by atomic mass is 10.2. The standard InChI is InChI=1S/C15H11Cl2NO4/c16-10-2-1-3-11(14(10)17)18-15(19)20-7-9-4-5-12-13(6-9)22-8-21-12/h1-6H,7-8H2,(H,18,19). The smallest absolute Gasteiger partial charge is 0.412 e. The van der Waals surface area contributed by atoms with Crippen LogP contribution in [0.1, 0.15) is 5.56 Å². The van der Waals surface area contributed by atoms with Crippen LogP contribution in [0.15, 0.2) is 36.4 Å². The number of amides is 1. The average molecular weight is 340 g/mol. The zero-order chi connectivity index (χ0) is 15.5. The third-order valence-electron chi connectivity index (χ3n) is 3.00. The summed E-state index contributed by atoms with van der Waals surface area (Å²) in [6.07, 6.45) is -0.623. The number of rotatable bonds is 3. The Morgan fingerprint density at radius 1 is 1.18 bits per heavy atom. The van der Waals surface area contributed by atoms with Crippen molar-refractivity contribution in [3.8, 4) is 11.5 Å². The van der Waals surface area contributed by atoms with E-state index >= 15 is 0 Å². The Morgan fingerprint density at radius 2 is 2.00 bits per heavy atom. The Morgan fingerprint density at radius 3 is 2.86 bits per heavy atom. The number of hydrogen-bond acceptors (Lipinski definition) is 4. The molecule has 1 amide bonds. The van der Waals surface area contributed by atoms with Crippen molar-refractivity contribution in [2.75, 3.05) is 12.1 Å². The van der Waals surface area contributed by atoms with Gasteiger partial charge < -0.3 is 14.2 Å². The third kappa shape index (κ3) is 3.21. The van der Waals surface area contributed by atoms with Crippen molar-refractivity contribution >= 4 is 35.0 Å². The molecular weight excluding hydrogens is 329 g/mol. The summed E-state index contributed by atoms with van der Waals surface area (Å²) < 4.78 is 15.6. The van der Waals surface area contributed by atoms with Gasteiger partial charge in [-0.05, 0) is 29.8 Å². The van der Waals surface area contributed by atoms with Gasteiger partial charge in [0.1, 0.15) is 6.61 Å². The van der Waals surface area contributed by atoms with Crippen LogP contribution in [-0.4, -0.2) is 12.9 Å². The Hall–Kier alpha value is -2.11. The molecular formula is C15H11Cl2NO4. The molecule has 0 radical (unpaired) electrons. The maximum absolute atomic E-state index is 11.8. The zero-order valence-corrected chi connectivity index (χ0v) is 12.8. The van der Waals surface area contributed by atoms with E-state index in [1.54, 1.807) is 36.4 Å². The van der Waals surface area contributed by atoms with Crippen molar-refractivity contribution < 1.29 is 19.0 Å². The highest BCUT2D eigenvalue weighted by Crippen LogP contribution is 2.33. The molecule has 0 atom stereocenters. The molecule has 2 aromatic rings. The molecule has 3 rings (SSSR count). The van der Waals surface area contributed by atoms with E-state index in [2.05, 4.69) is 5.32 Å². The van der Waals surface area contributed by atoms with E-state index in [1.807, 2.05) is 0 Å². The van der Waals surface area contributed by atoms with Gasteiger partial charge in [0.15, 0.2) is 11.5 Å². The lowest BCUT2D eigenvalue weighted by Crippen LogP contribution is -2.13. The van der Waals surface area contributed by atoms with E-state index in [0.717, 1.165) is 5.56 Å². The molecule has 0 fully saturated rings. The first kappa shape index (κ1) is 14.8. The molecule has 1 aliphatic rings. The summed E-state index contributed by atoms with van der Waals surface area (Å²) in [7, 11) is 0. The molecule has 0 saturated heterocycles. The summed E-state index contributed by atoms with van der Waals surface area (Å²) in [5.74, 6) is 1.32. The third-order valence-corrected chi connectivity index (χ3v) is 3.81. The molecule has 1 aliphatic heterocycles. The maximum Gasteiger partial charge on any atom is 0.412 e. The van der Waals surface area contributed by atoms with E-state index in [0.29, 0.717) is 22.2 Å². The fraction of sp³-hybridized carbons (Fsp3) is 0.133. The van der Waals surface area contributed by atoms with E-state index in [1.165, 1.54) is 0 Å². The molecule has 2 aromatic carbocycles. The predicted molar refractivity (Wildman–Crippen MR) is 82.8 cm³/mol. The second-order valence-electron chi connectivity index (χ2n) is 4.49. The SMILES string of the molecule is O=C(Nc1cccc(Cl)c1Cl)OCc1ccc2c(c1)OCO2. The Labute approximate surface area is 136 Å². The van der Waals surface area contributed by atoms with Crippen LogP contribution in [0.3, 0.4) is 0 Å². The number of hydrogen-bond donors (Lipinski definition) is 1. The molecule has 5 nitrogen and oxygen atoms in total. The molecule has 22 heavy (non-hydrogen) atoms. The van der Waals surface area contributed by atoms with Gasteiger partial charge in [0.2, 0.25) is 6.79 Å². The monoisotopic (exact) mass is 339 g/mol. The summed E-state index contributed by atoms with van der Waals surface area (Å²) in [6, 6.07) is 10.3. The van der Waals surface area contributed by atoms with Crippen molar-refractivity contribution in [1.82, 2.24) is 0 Å². The number of carbonyl (C=O) groups is 1. The van der Waals surface area contributed by atoms with Crippen LogP contribution in [0, 0.1) is 0 Å². The topological polar surface area (TPSA) is 56.8 Å². The van der Waals surface area contributed by atoms with Crippen LogP contribution in [-0.2, 0) is 11.3 Å². The first-order valence-electron chi connectivity index (χ1n) is 6.40. The summed E-state index contributed by atoms with van der Waals surface area (Å²) in [5.41, 5.74) is 1.18. The van der Waals surface area contributed by atoms with Gasteiger partial charge in [-0.15, -0.1) is 0 Å². The second-order valence-corrected chi connectivity index (χ2v) is 5.28. The van der Waals surface area contributed by atoms with Gasteiger partial charge in [-0.2, -0.15) is 0 Å². The average Bonchev–Trinajstić information content (AvgIpc) is 2.97. The van der Waals surface area contributed by atoms with Crippen molar-refractivity contribution in [2.24, 2.45) is 0 Å². The normalized spacial score (nSPS) is 12.1. The minimum Gasteiger partial charge on any atom is -0.454 e. The molecule has 114 valence electrons. The second kappa shape index (κ2) is 6.34. The van der Waals surface area contributed by atoms with Crippen LogP contribution < -0.4 is 14.8 Å². The molecule has 0 aromatic heterocycles. The fourth-order valence-corrected chi connectivity index (χ4v) is 2.27. The van der Waals surface area contributed by atoms with Crippen LogP contribution in [0.2, 0.25) is 10.0 Å². The zero-order valence-electron chi connectivity index (χ0n) is 11.3. The number of anilines is 1. The van der Waals surface area contributed by atoms with E-state index in [-0.39, 0.29) is 18.4 Å². The van der Waals surface area contributed by atoms with Gasteiger partial charge in [0.05, 0.1) is 15.7 Å². The lowest BCUT2D eigenvalue weighted by Gasteiger charge is -2.09. The molecule has 0 unspecified atom stereocenters. The van der Waals surface area contributed by atoms with E-state index in [9.17, 15) is 4.79 Å². The molecule has 0 spiro atoms. The lowest BCUT2D eigenvalue weighted by molar-refractivity contribution is 0.154. The molecule has 0 aliphatic carbocycles. The van der Waals surface area contributed by atoms with Crippen molar-refractivity contribution in [2.45, 2.75) is 6.61 Å². The molecule has 0 bridgehead atoms. The first-order chi connectivity index (χ1) is 10.6. The van der Waals surface area contributed by atoms with Crippen molar-refractivity contribution in [1.29, 1.82) is 0 Å². The highest BCUT2D eigenvalue weighted by Gasteiger charge is 2.14. The van der Waals surface area contributed by atoms with Gasteiger partial charge in [0, 0.05) is 0 Å². The molecule has 0 saturated carbocycles.